The summed E-state index contributed by atoms with van der Waals surface area (Å²) in [5, 5.41) is 4.89. The Balaban J connectivity index is 2.11. The Morgan fingerprint density at radius 2 is 2.28 bits per heavy atom. The molecule has 0 saturated heterocycles. The Labute approximate surface area is 116 Å². The molecule has 2 rings (SSSR count). The van der Waals surface area contributed by atoms with E-state index in [2.05, 4.69) is 16.5 Å². The summed E-state index contributed by atoms with van der Waals surface area (Å²) in [4.78, 5) is 1.09. The molecule has 0 aliphatic carbocycles. The highest BCUT2D eigenvalue weighted by Crippen LogP contribution is 2.24. The number of aryl methyl sites for hydroxylation is 1. The number of hydrogen-bond donors (Lipinski definition) is 1. The van der Waals surface area contributed by atoms with Crippen LogP contribution < -0.4 is 5.73 Å². The number of nitrogens with two attached hydrogens (primary N) is 1. The van der Waals surface area contributed by atoms with Gasteiger partial charge in [0.25, 0.3) is 0 Å². The fourth-order valence-electron chi connectivity index (χ4n) is 1.92. The van der Waals surface area contributed by atoms with E-state index in [1.165, 1.54) is 11.5 Å². The van der Waals surface area contributed by atoms with E-state index in [9.17, 15) is 0 Å². The molecule has 1 unspecified atom stereocenters. The molecule has 1 heterocycles. The first kappa shape index (κ1) is 13.5. The molecule has 2 aromatic rings. The topological polar surface area (TPSA) is 51.8 Å². The summed E-state index contributed by atoms with van der Waals surface area (Å²) in [5.41, 5.74) is 8.42. The Hall–Kier alpha value is -0.970. The molecule has 18 heavy (non-hydrogen) atoms. The van der Waals surface area contributed by atoms with Gasteiger partial charge in [0.1, 0.15) is 0 Å². The second kappa shape index (κ2) is 6.27. The molecule has 0 amide bonds. The lowest BCUT2D eigenvalue weighted by molar-refractivity contribution is 0.715. The van der Waals surface area contributed by atoms with Gasteiger partial charge in [-0.2, -0.15) is 0 Å². The van der Waals surface area contributed by atoms with Gasteiger partial charge >= 0.3 is 0 Å². The zero-order valence-electron chi connectivity index (χ0n) is 10.3. The predicted molar refractivity (Wildman–Crippen MR) is 76.0 cm³/mol. The molecule has 0 bridgehead atoms. The van der Waals surface area contributed by atoms with Crippen molar-refractivity contribution in [3.05, 3.63) is 45.4 Å². The van der Waals surface area contributed by atoms with Crippen LogP contribution in [0.15, 0.2) is 24.3 Å². The quantitative estimate of drug-likeness (QED) is 0.914. The van der Waals surface area contributed by atoms with Crippen LogP contribution in [0, 0.1) is 0 Å². The van der Waals surface area contributed by atoms with Gasteiger partial charge in [0.05, 0.1) is 10.6 Å². The molecule has 5 heteroatoms. The van der Waals surface area contributed by atoms with Crippen LogP contribution in [0.2, 0.25) is 5.02 Å². The van der Waals surface area contributed by atoms with Crippen LogP contribution in [0.25, 0.3) is 0 Å². The number of nitrogens with zero attached hydrogens (tertiary/aromatic N) is 2. The van der Waals surface area contributed by atoms with Gasteiger partial charge in [0, 0.05) is 11.1 Å². The molecule has 1 atom stereocenters. The van der Waals surface area contributed by atoms with Crippen molar-refractivity contribution in [1.29, 1.82) is 0 Å². The molecule has 0 saturated carbocycles. The van der Waals surface area contributed by atoms with Crippen molar-refractivity contribution in [3.8, 4) is 0 Å². The zero-order valence-corrected chi connectivity index (χ0v) is 11.8. The van der Waals surface area contributed by atoms with Gasteiger partial charge in [-0.1, -0.05) is 41.6 Å². The molecule has 1 aromatic heterocycles. The molecule has 0 fully saturated rings. The van der Waals surface area contributed by atoms with Crippen molar-refractivity contribution in [2.24, 2.45) is 5.73 Å². The van der Waals surface area contributed by atoms with Crippen molar-refractivity contribution >= 4 is 23.1 Å². The smallest absolute Gasteiger partial charge is 0.0803 e. The van der Waals surface area contributed by atoms with Crippen molar-refractivity contribution in [2.45, 2.75) is 32.2 Å². The summed E-state index contributed by atoms with van der Waals surface area (Å²) in [6.07, 6.45) is 2.76. The highest BCUT2D eigenvalue weighted by Gasteiger charge is 2.15. The first-order valence-electron chi connectivity index (χ1n) is 6.02. The Bertz CT molecular complexity index is 512. The van der Waals surface area contributed by atoms with E-state index in [4.69, 9.17) is 17.3 Å². The molecule has 0 radical (unpaired) electrons. The molecule has 96 valence electrons. The third-order valence-electron chi connectivity index (χ3n) is 2.75. The Morgan fingerprint density at radius 3 is 3.00 bits per heavy atom. The van der Waals surface area contributed by atoms with Gasteiger partial charge in [0.2, 0.25) is 0 Å². The van der Waals surface area contributed by atoms with E-state index in [-0.39, 0.29) is 6.04 Å². The van der Waals surface area contributed by atoms with E-state index in [1.54, 1.807) is 0 Å². The average Bonchev–Trinajstić information content (AvgIpc) is 2.78. The molecule has 3 nitrogen and oxygen atoms in total. The fraction of sp³-hybridized carbons (Fsp3) is 0.385. The number of aromatic nitrogens is 2. The van der Waals surface area contributed by atoms with Gasteiger partial charge in [-0.05, 0) is 42.1 Å². The van der Waals surface area contributed by atoms with Gasteiger partial charge < -0.3 is 5.73 Å². The first-order chi connectivity index (χ1) is 8.70. The number of halogens is 1. The average molecular weight is 282 g/mol. The van der Waals surface area contributed by atoms with Gasteiger partial charge in [-0.15, -0.1) is 5.10 Å². The lowest BCUT2D eigenvalue weighted by Gasteiger charge is -2.10. The van der Waals surface area contributed by atoms with Crippen molar-refractivity contribution < 1.29 is 0 Å². The monoisotopic (exact) mass is 281 g/mol. The highest BCUT2D eigenvalue weighted by molar-refractivity contribution is 7.05. The van der Waals surface area contributed by atoms with Gasteiger partial charge in [-0.3, -0.25) is 0 Å². The summed E-state index contributed by atoms with van der Waals surface area (Å²) in [7, 11) is 0. The Morgan fingerprint density at radius 1 is 1.44 bits per heavy atom. The van der Waals surface area contributed by atoms with E-state index < -0.39 is 0 Å². The standard InChI is InChI=1S/C13H16ClN3S/c1-2-4-12-13(18-17-16-12)11(15)8-9-5-3-6-10(14)7-9/h3,5-7,11H,2,4,8,15H2,1H3. The maximum absolute atomic E-state index is 6.24. The predicted octanol–water partition coefficient (Wildman–Crippen LogP) is 3.39. The Kier molecular flexibility index (Phi) is 4.69. The van der Waals surface area contributed by atoms with Crippen molar-refractivity contribution in [1.82, 2.24) is 9.59 Å². The third kappa shape index (κ3) is 3.28. The summed E-state index contributed by atoms with van der Waals surface area (Å²) < 4.78 is 4.01. The SMILES string of the molecule is CCCc1nnsc1C(N)Cc1cccc(Cl)c1. The molecular weight excluding hydrogens is 266 g/mol. The second-order valence-corrected chi connectivity index (χ2v) is 5.50. The highest BCUT2D eigenvalue weighted by atomic mass is 35.5. The van der Waals surface area contributed by atoms with E-state index in [0.29, 0.717) is 0 Å². The molecule has 0 aliphatic heterocycles. The van der Waals surface area contributed by atoms with Crippen LogP contribution >= 0.6 is 23.1 Å². The second-order valence-electron chi connectivity index (χ2n) is 4.27. The number of rotatable bonds is 5. The van der Waals surface area contributed by atoms with Gasteiger partial charge in [0.15, 0.2) is 0 Å². The summed E-state index contributed by atoms with van der Waals surface area (Å²) in [6, 6.07) is 7.76. The molecule has 1 aromatic carbocycles. The summed E-state index contributed by atoms with van der Waals surface area (Å²) >= 11 is 7.37. The minimum atomic E-state index is -0.0509. The van der Waals surface area contributed by atoms with Crippen LogP contribution in [0.5, 0.6) is 0 Å². The van der Waals surface area contributed by atoms with E-state index in [0.717, 1.165) is 40.4 Å². The van der Waals surface area contributed by atoms with Crippen LogP contribution in [0.4, 0.5) is 0 Å². The lowest BCUT2D eigenvalue weighted by Crippen LogP contribution is -2.13. The fourth-order valence-corrected chi connectivity index (χ4v) is 2.83. The van der Waals surface area contributed by atoms with E-state index in [1.807, 2.05) is 24.3 Å². The number of benzene rings is 1. The van der Waals surface area contributed by atoms with Gasteiger partial charge in [-0.25, -0.2) is 0 Å². The van der Waals surface area contributed by atoms with Crippen LogP contribution in [-0.4, -0.2) is 9.59 Å². The first-order valence-corrected chi connectivity index (χ1v) is 7.17. The summed E-state index contributed by atoms with van der Waals surface area (Å²) in [6.45, 7) is 2.13. The summed E-state index contributed by atoms with van der Waals surface area (Å²) in [5.74, 6) is 0. The zero-order chi connectivity index (χ0) is 13.0. The van der Waals surface area contributed by atoms with Crippen LogP contribution in [-0.2, 0) is 12.8 Å². The van der Waals surface area contributed by atoms with Crippen LogP contribution in [0.1, 0.15) is 35.5 Å². The normalized spacial score (nSPS) is 12.6. The third-order valence-corrected chi connectivity index (χ3v) is 3.89. The maximum atomic E-state index is 6.24. The molecule has 0 spiro atoms. The number of hydrogen-bond acceptors (Lipinski definition) is 4. The van der Waals surface area contributed by atoms with Crippen molar-refractivity contribution in [3.63, 3.8) is 0 Å². The maximum Gasteiger partial charge on any atom is 0.0803 e. The molecule has 2 N–H and O–H groups in total. The molecule has 0 aliphatic rings. The minimum Gasteiger partial charge on any atom is -0.323 e. The largest absolute Gasteiger partial charge is 0.323 e. The lowest BCUT2D eigenvalue weighted by atomic mass is 10.0. The van der Waals surface area contributed by atoms with E-state index >= 15 is 0 Å². The van der Waals surface area contributed by atoms with Crippen molar-refractivity contribution in [2.75, 3.05) is 0 Å². The van der Waals surface area contributed by atoms with Crippen LogP contribution in [0.3, 0.4) is 0 Å². The molecular formula is C13H16ClN3S. The minimum absolute atomic E-state index is 0.0509.